The normalized spacial score (nSPS) is 13.7. The van der Waals surface area contributed by atoms with Crippen molar-refractivity contribution in [3.8, 4) is 6.07 Å². The zero-order valence-corrected chi connectivity index (χ0v) is 11.2. The zero-order valence-electron chi connectivity index (χ0n) is 11.2. The molecule has 0 fully saturated rings. The second-order valence-electron chi connectivity index (χ2n) is 4.17. The predicted molar refractivity (Wildman–Crippen MR) is 61.6 cm³/mol. The average molecular weight is 230 g/mol. The number of nitriles is 1. The molecule has 0 heterocycles. The highest BCUT2D eigenvalue weighted by Gasteiger charge is 2.32. The van der Waals surface area contributed by atoms with Gasteiger partial charge in [-0.2, -0.15) is 5.26 Å². The molecule has 0 aromatic heterocycles. The first-order valence-corrected chi connectivity index (χ1v) is 5.20. The molecule has 0 aliphatic rings. The van der Waals surface area contributed by atoms with E-state index in [-0.39, 0.29) is 0 Å². The molecule has 1 atom stereocenters. The first-order chi connectivity index (χ1) is 7.10. The smallest absolute Gasteiger partial charge is 0.413 e. The molecule has 5 heteroatoms. The lowest BCUT2D eigenvalue weighted by molar-refractivity contribution is -0.0477. The molecule has 94 valence electrons. The maximum atomic E-state index is 11.4. The van der Waals surface area contributed by atoms with Gasteiger partial charge in [-0.1, -0.05) is 13.8 Å². The van der Waals surface area contributed by atoms with Crippen LogP contribution in [0.3, 0.4) is 0 Å². The van der Waals surface area contributed by atoms with E-state index in [1.54, 1.807) is 26.8 Å². The molecule has 1 amide bonds. The van der Waals surface area contributed by atoms with Crippen LogP contribution in [0.25, 0.3) is 0 Å². The quantitative estimate of drug-likeness (QED) is 0.553. The van der Waals surface area contributed by atoms with Crippen LogP contribution in [0.1, 0.15) is 41.5 Å². The summed E-state index contributed by atoms with van der Waals surface area (Å²) >= 11 is 0. The van der Waals surface area contributed by atoms with Gasteiger partial charge < -0.3 is 9.84 Å². The van der Waals surface area contributed by atoms with E-state index in [0.29, 0.717) is 0 Å². The molecule has 1 N–H and O–H groups in total. The summed E-state index contributed by atoms with van der Waals surface area (Å²) in [5.41, 5.74) is -2.49. The maximum absolute atomic E-state index is 11.4. The van der Waals surface area contributed by atoms with Crippen molar-refractivity contribution in [3.63, 3.8) is 0 Å². The van der Waals surface area contributed by atoms with Gasteiger partial charge in [0.05, 0.1) is 0 Å². The summed E-state index contributed by atoms with van der Waals surface area (Å²) in [7, 11) is 1.30. The van der Waals surface area contributed by atoms with Crippen LogP contribution in [0.4, 0.5) is 4.79 Å². The first-order valence-electron chi connectivity index (χ1n) is 5.20. The van der Waals surface area contributed by atoms with Gasteiger partial charge in [-0.15, -0.1) is 0 Å². The first kappa shape index (κ1) is 17.1. The maximum Gasteiger partial charge on any atom is 0.413 e. The third-order valence-electron chi connectivity index (χ3n) is 1.53. The lowest BCUT2D eigenvalue weighted by atomic mass is 10.2. The van der Waals surface area contributed by atoms with Gasteiger partial charge in [-0.3, -0.25) is 4.90 Å². The van der Waals surface area contributed by atoms with Crippen LogP contribution in [0, 0.1) is 11.3 Å². The number of aliphatic hydroxyl groups is 1. The van der Waals surface area contributed by atoms with Crippen LogP contribution >= 0.6 is 0 Å². The Labute approximate surface area is 97.6 Å². The average Bonchev–Trinajstić information content (AvgIpc) is 2.17. The van der Waals surface area contributed by atoms with E-state index in [1.165, 1.54) is 14.0 Å². The Balaban J connectivity index is 0. The van der Waals surface area contributed by atoms with Crippen LogP contribution in [0.5, 0.6) is 0 Å². The van der Waals surface area contributed by atoms with Crippen LogP contribution in [-0.2, 0) is 4.74 Å². The Hall–Kier alpha value is -1.28. The lowest BCUT2D eigenvalue weighted by Crippen LogP contribution is -2.48. The molecule has 0 aliphatic heterocycles. The summed E-state index contributed by atoms with van der Waals surface area (Å²) in [6.45, 7) is 10.3. The Morgan fingerprint density at radius 2 is 1.69 bits per heavy atom. The Morgan fingerprint density at radius 3 is 1.94 bits per heavy atom. The molecule has 0 radical (unpaired) electrons. The number of hydrogen-bond acceptors (Lipinski definition) is 4. The van der Waals surface area contributed by atoms with Crippen molar-refractivity contribution >= 4 is 6.09 Å². The van der Waals surface area contributed by atoms with Crippen LogP contribution in [0.2, 0.25) is 0 Å². The molecule has 0 spiro atoms. The van der Waals surface area contributed by atoms with Gasteiger partial charge in [0.25, 0.3) is 0 Å². The number of rotatable bonds is 1. The van der Waals surface area contributed by atoms with Gasteiger partial charge in [0, 0.05) is 7.05 Å². The highest BCUT2D eigenvalue weighted by Crippen LogP contribution is 2.14. The Morgan fingerprint density at radius 1 is 1.31 bits per heavy atom. The largest absolute Gasteiger partial charge is 0.444 e. The highest BCUT2D eigenvalue weighted by molar-refractivity contribution is 5.69. The minimum atomic E-state index is -1.84. The fraction of sp³-hybridized carbons (Fsp3) is 0.818. The monoisotopic (exact) mass is 230 g/mol. The van der Waals surface area contributed by atoms with E-state index >= 15 is 0 Å². The van der Waals surface area contributed by atoms with E-state index in [1.807, 2.05) is 13.8 Å². The van der Waals surface area contributed by atoms with Gasteiger partial charge in [0.15, 0.2) is 0 Å². The molecule has 0 saturated heterocycles. The third kappa shape index (κ3) is 6.25. The Kier molecular flexibility index (Phi) is 6.78. The van der Waals surface area contributed by atoms with Crippen molar-refractivity contribution in [2.24, 2.45) is 0 Å². The summed E-state index contributed by atoms with van der Waals surface area (Å²) in [4.78, 5) is 12.2. The molecule has 0 saturated carbocycles. The third-order valence-corrected chi connectivity index (χ3v) is 1.53. The number of carbonyl (C=O) groups is 1. The molecule has 0 aromatic rings. The van der Waals surface area contributed by atoms with E-state index < -0.39 is 17.4 Å². The Bertz CT molecular complexity index is 261. The van der Waals surface area contributed by atoms with E-state index in [0.717, 1.165) is 4.90 Å². The number of amides is 1. The van der Waals surface area contributed by atoms with Crippen LogP contribution in [0.15, 0.2) is 0 Å². The molecule has 5 nitrogen and oxygen atoms in total. The summed E-state index contributed by atoms with van der Waals surface area (Å²) < 4.78 is 4.96. The van der Waals surface area contributed by atoms with Gasteiger partial charge in [0.1, 0.15) is 11.7 Å². The zero-order chi connectivity index (χ0) is 13.6. The van der Waals surface area contributed by atoms with Crippen molar-refractivity contribution in [1.29, 1.82) is 5.26 Å². The SMILES string of the molecule is CC.CN(C(=O)OC(C)(C)C)C(C)(O)C#N. The number of hydrogen-bond donors (Lipinski definition) is 1. The number of carbonyl (C=O) groups excluding carboxylic acids is 1. The molecule has 0 aliphatic carbocycles. The van der Waals surface area contributed by atoms with Crippen molar-refractivity contribution in [1.82, 2.24) is 4.90 Å². The molecule has 0 bridgehead atoms. The van der Waals surface area contributed by atoms with Crippen molar-refractivity contribution in [2.45, 2.75) is 52.9 Å². The summed E-state index contributed by atoms with van der Waals surface area (Å²) in [6.07, 6.45) is -0.732. The van der Waals surface area contributed by atoms with Gasteiger partial charge in [-0.05, 0) is 27.7 Å². The molecular formula is C11H22N2O3. The van der Waals surface area contributed by atoms with E-state index in [2.05, 4.69) is 0 Å². The molecule has 0 aromatic carbocycles. The van der Waals surface area contributed by atoms with Crippen LogP contribution < -0.4 is 0 Å². The lowest BCUT2D eigenvalue weighted by Gasteiger charge is -2.30. The second-order valence-corrected chi connectivity index (χ2v) is 4.17. The van der Waals surface area contributed by atoms with Crippen LogP contribution in [-0.4, -0.2) is 34.5 Å². The fourth-order valence-corrected chi connectivity index (χ4v) is 0.583. The highest BCUT2D eigenvalue weighted by atomic mass is 16.6. The van der Waals surface area contributed by atoms with Gasteiger partial charge >= 0.3 is 6.09 Å². The number of nitrogens with zero attached hydrogens (tertiary/aromatic N) is 2. The molecule has 0 rings (SSSR count). The van der Waals surface area contributed by atoms with E-state index in [4.69, 9.17) is 10.00 Å². The summed E-state index contributed by atoms with van der Waals surface area (Å²) in [5.74, 6) is 0. The summed E-state index contributed by atoms with van der Waals surface area (Å²) in [5, 5.41) is 18.0. The molecule has 1 unspecified atom stereocenters. The summed E-state index contributed by atoms with van der Waals surface area (Å²) in [6, 6.07) is 1.59. The topological polar surface area (TPSA) is 73.6 Å². The number of ether oxygens (including phenoxy) is 1. The van der Waals surface area contributed by atoms with Crippen molar-refractivity contribution < 1.29 is 14.6 Å². The molecule has 16 heavy (non-hydrogen) atoms. The standard InChI is InChI=1S/C9H16N2O3.C2H6/c1-8(2,3)14-7(12)11(5)9(4,13)6-10;1-2/h13H,1-5H3;1-2H3. The molecular weight excluding hydrogens is 208 g/mol. The van der Waals surface area contributed by atoms with E-state index in [9.17, 15) is 9.90 Å². The van der Waals surface area contributed by atoms with Crippen molar-refractivity contribution in [3.05, 3.63) is 0 Å². The second kappa shape index (κ2) is 6.33. The van der Waals surface area contributed by atoms with Gasteiger partial charge in [-0.25, -0.2) is 4.79 Å². The predicted octanol–water partition coefficient (Wildman–Crippen LogP) is 2.11. The fourth-order valence-electron chi connectivity index (χ4n) is 0.583. The van der Waals surface area contributed by atoms with Gasteiger partial charge in [0.2, 0.25) is 5.72 Å². The minimum Gasteiger partial charge on any atom is -0.444 e. The van der Waals surface area contributed by atoms with Crippen molar-refractivity contribution in [2.75, 3.05) is 7.05 Å². The minimum absolute atomic E-state index is 0.642.